The maximum absolute atomic E-state index is 11.6. The van der Waals surface area contributed by atoms with E-state index < -0.39 is 6.10 Å². The summed E-state index contributed by atoms with van der Waals surface area (Å²) in [5.74, 6) is 0.0154. The van der Waals surface area contributed by atoms with Crippen LogP contribution in [0.3, 0.4) is 0 Å². The van der Waals surface area contributed by atoms with Gasteiger partial charge in [-0.05, 0) is 31.9 Å². The van der Waals surface area contributed by atoms with E-state index in [0.29, 0.717) is 22.3 Å². The average molecular weight is 358 g/mol. The number of phenolic OH excluding ortho intramolecular Hbond substituents is 1. The molecule has 1 heterocycles. The molecular weight excluding hydrogens is 336 g/mol. The molecule has 0 saturated heterocycles. The number of aliphatic hydroxyl groups excluding tert-OH is 1. The quantitative estimate of drug-likeness (QED) is 0.546. The number of H-pyrrole nitrogens is 1. The van der Waals surface area contributed by atoms with Crippen LogP contribution < -0.4 is 10.2 Å². The number of aromatic hydroxyl groups is 1. The summed E-state index contributed by atoms with van der Waals surface area (Å²) >= 11 is 0.998. The van der Waals surface area contributed by atoms with E-state index in [2.05, 4.69) is 36.3 Å². The van der Waals surface area contributed by atoms with Crippen LogP contribution in [-0.2, 0) is 6.42 Å². The first kappa shape index (κ1) is 17.7. The zero-order valence-corrected chi connectivity index (χ0v) is 15.1. The highest BCUT2D eigenvalue weighted by Crippen LogP contribution is 2.31. The minimum atomic E-state index is -0.774. The van der Waals surface area contributed by atoms with Gasteiger partial charge in [0.05, 0.1) is 10.8 Å². The van der Waals surface area contributed by atoms with Gasteiger partial charge in [-0.15, -0.1) is 0 Å². The summed E-state index contributed by atoms with van der Waals surface area (Å²) in [6, 6.07) is 13.4. The van der Waals surface area contributed by atoms with Gasteiger partial charge in [-0.1, -0.05) is 47.7 Å². The van der Waals surface area contributed by atoms with E-state index in [1.54, 1.807) is 6.07 Å². The minimum Gasteiger partial charge on any atom is -0.506 e. The molecule has 0 aliphatic rings. The predicted octanol–water partition coefficient (Wildman–Crippen LogP) is 2.94. The van der Waals surface area contributed by atoms with Gasteiger partial charge in [0.2, 0.25) is 0 Å². The van der Waals surface area contributed by atoms with Crippen LogP contribution in [-0.4, -0.2) is 27.3 Å². The Balaban J connectivity index is 1.73. The summed E-state index contributed by atoms with van der Waals surface area (Å²) in [5.41, 5.74) is 2.06. The number of nitrogens with one attached hydrogen (secondary N) is 2. The number of rotatable bonds is 6. The van der Waals surface area contributed by atoms with Gasteiger partial charge in [0.15, 0.2) is 0 Å². The molecule has 0 saturated carbocycles. The smallest absolute Gasteiger partial charge is 0.305 e. The van der Waals surface area contributed by atoms with Crippen LogP contribution in [0.2, 0.25) is 0 Å². The molecule has 0 amide bonds. The lowest BCUT2D eigenvalue weighted by Crippen LogP contribution is -2.43. The lowest BCUT2D eigenvalue weighted by molar-refractivity contribution is 0.162. The van der Waals surface area contributed by atoms with E-state index in [9.17, 15) is 15.0 Å². The fraction of sp³-hybridized carbons (Fsp3) is 0.316. The van der Waals surface area contributed by atoms with Crippen molar-refractivity contribution in [1.29, 1.82) is 0 Å². The number of benzene rings is 2. The molecule has 132 valence electrons. The highest BCUT2D eigenvalue weighted by atomic mass is 32.1. The summed E-state index contributed by atoms with van der Waals surface area (Å²) in [6.07, 6.45) is 0.0628. The lowest BCUT2D eigenvalue weighted by Gasteiger charge is -2.28. The van der Waals surface area contributed by atoms with Crippen molar-refractivity contribution in [2.45, 2.75) is 31.9 Å². The van der Waals surface area contributed by atoms with Crippen molar-refractivity contribution >= 4 is 21.6 Å². The van der Waals surface area contributed by atoms with Crippen LogP contribution >= 0.6 is 11.3 Å². The Bertz CT molecular complexity index is 915. The van der Waals surface area contributed by atoms with Crippen LogP contribution in [0.1, 0.15) is 31.1 Å². The van der Waals surface area contributed by atoms with Gasteiger partial charge in [0, 0.05) is 17.6 Å². The average Bonchev–Trinajstić information content (AvgIpc) is 2.96. The summed E-state index contributed by atoms with van der Waals surface area (Å²) < 4.78 is 0.597. The van der Waals surface area contributed by atoms with Crippen molar-refractivity contribution < 1.29 is 10.2 Å². The van der Waals surface area contributed by atoms with Gasteiger partial charge in [0.25, 0.3) is 0 Å². The molecule has 5 nitrogen and oxygen atoms in total. The van der Waals surface area contributed by atoms with E-state index in [0.717, 1.165) is 17.8 Å². The van der Waals surface area contributed by atoms with Crippen LogP contribution in [0.4, 0.5) is 0 Å². The second-order valence-corrected chi connectivity index (χ2v) is 7.82. The van der Waals surface area contributed by atoms with E-state index in [-0.39, 0.29) is 16.2 Å². The standard InChI is InChI=1S/C19H22N2O3S/c1-19(2,10-12-6-4-3-5-7-12)20-11-15(23)13-8-9-14(22)16-17(13)25-18(24)21-16/h3-9,15,20,22-23H,10-11H2,1-2H3,(H,21,24). The fourth-order valence-electron chi connectivity index (χ4n) is 2.95. The van der Waals surface area contributed by atoms with Crippen LogP contribution in [0, 0.1) is 0 Å². The van der Waals surface area contributed by atoms with Gasteiger partial charge in [-0.2, -0.15) is 0 Å². The number of hydrogen-bond acceptors (Lipinski definition) is 5. The Kier molecular flexibility index (Phi) is 4.94. The molecule has 2 aromatic carbocycles. The van der Waals surface area contributed by atoms with Crippen LogP contribution in [0.5, 0.6) is 5.75 Å². The monoisotopic (exact) mass is 358 g/mol. The van der Waals surface area contributed by atoms with E-state index in [4.69, 9.17) is 0 Å². The molecule has 0 fully saturated rings. The fourth-order valence-corrected chi connectivity index (χ4v) is 3.87. The van der Waals surface area contributed by atoms with Gasteiger partial charge in [0.1, 0.15) is 11.3 Å². The largest absolute Gasteiger partial charge is 0.506 e. The molecule has 1 unspecified atom stereocenters. The topological polar surface area (TPSA) is 85.3 Å². The molecule has 3 aromatic rings. The number of fused-ring (bicyclic) bond motifs is 1. The van der Waals surface area contributed by atoms with Gasteiger partial charge >= 0.3 is 4.87 Å². The van der Waals surface area contributed by atoms with Crippen LogP contribution in [0.25, 0.3) is 10.2 Å². The number of thiazole rings is 1. The number of aliphatic hydroxyl groups is 1. The molecule has 0 bridgehead atoms. The second-order valence-electron chi connectivity index (χ2n) is 6.84. The summed E-state index contributed by atoms with van der Waals surface area (Å²) in [7, 11) is 0. The molecule has 0 aliphatic heterocycles. The van der Waals surface area contributed by atoms with Crippen LogP contribution in [0.15, 0.2) is 47.3 Å². The third-order valence-corrected chi connectivity index (χ3v) is 5.14. The second kappa shape index (κ2) is 7.00. The van der Waals surface area contributed by atoms with Crippen molar-refractivity contribution in [3.05, 3.63) is 63.3 Å². The van der Waals surface area contributed by atoms with Gasteiger partial charge < -0.3 is 20.5 Å². The molecule has 0 spiro atoms. The third-order valence-electron chi connectivity index (χ3n) is 4.21. The Morgan fingerprint density at radius 1 is 1.20 bits per heavy atom. The molecule has 1 aromatic heterocycles. The SMILES string of the molecule is CC(C)(Cc1ccccc1)NCC(O)c1ccc(O)c2[nH]c(=O)sc12. The van der Waals surface area contributed by atoms with Crippen molar-refractivity contribution in [1.82, 2.24) is 10.3 Å². The van der Waals surface area contributed by atoms with Crippen molar-refractivity contribution in [3.8, 4) is 5.75 Å². The number of phenols is 1. The molecule has 6 heteroatoms. The minimum absolute atomic E-state index is 0.0154. The number of hydrogen-bond donors (Lipinski definition) is 4. The summed E-state index contributed by atoms with van der Waals surface area (Å²) in [6.45, 7) is 4.54. The van der Waals surface area contributed by atoms with Crippen molar-refractivity contribution in [3.63, 3.8) is 0 Å². The lowest BCUT2D eigenvalue weighted by atomic mass is 9.94. The third kappa shape index (κ3) is 4.10. The van der Waals surface area contributed by atoms with Gasteiger partial charge in [-0.3, -0.25) is 4.79 Å². The molecule has 25 heavy (non-hydrogen) atoms. The number of aromatic nitrogens is 1. The van der Waals surface area contributed by atoms with Crippen molar-refractivity contribution in [2.24, 2.45) is 0 Å². The molecule has 1 atom stereocenters. The van der Waals surface area contributed by atoms with Gasteiger partial charge in [-0.25, -0.2) is 0 Å². The number of aromatic amines is 1. The molecule has 0 aliphatic carbocycles. The predicted molar refractivity (Wildman–Crippen MR) is 101 cm³/mol. The Morgan fingerprint density at radius 3 is 2.64 bits per heavy atom. The zero-order chi connectivity index (χ0) is 18.0. The zero-order valence-electron chi connectivity index (χ0n) is 14.2. The van der Waals surface area contributed by atoms with E-state index in [1.165, 1.54) is 11.6 Å². The molecular formula is C19H22N2O3S. The normalized spacial score (nSPS) is 13.2. The first-order valence-corrected chi connectivity index (χ1v) is 8.99. The molecule has 0 radical (unpaired) electrons. The Morgan fingerprint density at radius 2 is 1.92 bits per heavy atom. The molecule has 4 N–H and O–H groups in total. The summed E-state index contributed by atoms with van der Waals surface area (Å²) in [4.78, 5) is 14.0. The molecule has 3 rings (SSSR count). The first-order chi connectivity index (χ1) is 11.9. The Hall–Kier alpha value is -2.15. The number of β-amino-alcohol motifs (C(OH)–C–C–N with tert-alkyl or cyclic N) is 1. The highest BCUT2D eigenvalue weighted by Gasteiger charge is 2.21. The Labute approximate surface area is 150 Å². The van der Waals surface area contributed by atoms with E-state index >= 15 is 0 Å². The maximum Gasteiger partial charge on any atom is 0.305 e. The first-order valence-electron chi connectivity index (χ1n) is 8.17. The summed E-state index contributed by atoms with van der Waals surface area (Å²) in [5, 5.41) is 23.8. The maximum atomic E-state index is 11.6. The van der Waals surface area contributed by atoms with E-state index in [1.807, 2.05) is 18.2 Å². The highest BCUT2D eigenvalue weighted by molar-refractivity contribution is 7.16. The van der Waals surface area contributed by atoms with Crippen molar-refractivity contribution in [2.75, 3.05) is 6.54 Å².